The molecule has 5 heteroatoms. The molecule has 0 bridgehead atoms. The number of hydrogen-bond donors (Lipinski definition) is 4. The van der Waals surface area contributed by atoms with E-state index in [2.05, 4.69) is 12.2 Å². The number of hydrogen-bond acceptors (Lipinski definition) is 4. The van der Waals surface area contributed by atoms with Crippen LogP contribution in [0.2, 0.25) is 0 Å². The molecule has 5 nitrogen and oxygen atoms in total. The zero-order valence-corrected chi connectivity index (χ0v) is 13.7. The number of carbonyl (C=O) groups excluding carboxylic acids is 1. The van der Waals surface area contributed by atoms with Gasteiger partial charge in [-0.15, -0.1) is 0 Å². The smallest absolute Gasteiger partial charge is 0.220 e. The highest BCUT2D eigenvalue weighted by atomic mass is 16.3. The summed E-state index contributed by atoms with van der Waals surface area (Å²) in [6.45, 7) is 5.70. The van der Waals surface area contributed by atoms with Gasteiger partial charge >= 0.3 is 0 Å². The SMILES string of the molecule is CCCCCCCC(=O)NC[C@H](C)[C@@H](O)[C@H](C)[C@H](O)CO. The molecule has 0 spiro atoms. The fraction of sp³-hybridized carbons (Fsp3) is 0.938. The minimum atomic E-state index is -0.934. The third-order valence-electron chi connectivity index (χ3n) is 4.04. The first-order valence-electron chi connectivity index (χ1n) is 8.17. The first kappa shape index (κ1) is 20.3. The number of carbonyl (C=O) groups is 1. The van der Waals surface area contributed by atoms with Crippen LogP contribution in [0.15, 0.2) is 0 Å². The fourth-order valence-corrected chi connectivity index (χ4v) is 2.29. The standard InChI is InChI=1S/C16H33NO4/c1-4-5-6-7-8-9-15(20)17-10-12(2)16(21)13(3)14(19)11-18/h12-14,16,18-19,21H,4-11H2,1-3H3,(H,17,20)/t12-,13+,14+,16+/m0/s1. The lowest BCUT2D eigenvalue weighted by atomic mass is 9.89. The second kappa shape index (κ2) is 12.0. The molecule has 0 rings (SSSR count). The third-order valence-corrected chi connectivity index (χ3v) is 4.04. The monoisotopic (exact) mass is 303 g/mol. The summed E-state index contributed by atoms with van der Waals surface area (Å²) in [5.41, 5.74) is 0. The first-order valence-corrected chi connectivity index (χ1v) is 8.17. The van der Waals surface area contributed by atoms with Gasteiger partial charge in [0.2, 0.25) is 5.91 Å². The van der Waals surface area contributed by atoms with E-state index in [1.54, 1.807) is 6.92 Å². The molecule has 126 valence electrons. The van der Waals surface area contributed by atoms with E-state index in [0.717, 1.165) is 12.8 Å². The van der Waals surface area contributed by atoms with Crippen LogP contribution in [0.1, 0.15) is 59.3 Å². The maximum Gasteiger partial charge on any atom is 0.220 e. The van der Waals surface area contributed by atoms with E-state index in [4.69, 9.17) is 5.11 Å². The molecule has 0 aromatic heterocycles. The van der Waals surface area contributed by atoms with Crippen molar-refractivity contribution in [3.8, 4) is 0 Å². The average Bonchev–Trinajstić information content (AvgIpc) is 2.49. The second-order valence-electron chi connectivity index (χ2n) is 6.05. The minimum absolute atomic E-state index is 0.0147. The number of aliphatic hydroxyl groups is 3. The van der Waals surface area contributed by atoms with Gasteiger partial charge in [-0.25, -0.2) is 0 Å². The molecular weight excluding hydrogens is 270 g/mol. The summed E-state index contributed by atoms with van der Waals surface area (Å²) < 4.78 is 0. The largest absolute Gasteiger partial charge is 0.394 e. The van der Waals surface area contributed by atoms with Crippen LogP contribution < -0.4 is 5.32 Å². The Morgan fingerprint density at radius 2 is 1.71 bits per heavy atom. The van der Waals surface area contributed by atoms with Crippen LogP contribution >= 0.6 is 0 Å². The molecule has 0 heterocycles. The molecule has 1 amide bonds. The van der Waals surface area contributed by atoms with Crippen LogP contribution in [0.3, 0.4) is 0 Å². The molecule has 0 fully saturated rings. The molecule has 0 aromatic rings. The van der Waals surface area contributed by atoms with Gasteiger partial charge in [-0.05, 0) is 12.3 Å². The fourth-order valence-electron chi connectivity index (χ4n) is 2.29. The molecule has 0 aliphatic carbocycles. The molecule has 0 aliphatic rings. The van der Waals surface area contributed by atoms with Crippen molar-refractivity contribution >= 4 is 5.91 Å². The Bertz CT molecular complexity index is 273. The Morgan fingerprint density at radius 1 is 1.10 bits per heavy atom. The molecular formula is C16H33NO4. The maximum atomic E-state index is 11.7. The van der Waals surface area contributed by atoms with Gasteiger partial charge in [-0.1, -0.05) is 46.5 Å². The molecule has 0 aliphatic heterocycles. The van der Waals surface area contributed by atoms with Crippen LogP contribution in [-0.2, 0) is 4.79 Å². The number of aliphatic hydroxyl groups excluding tert-OH is 3. The van der Waals surface area contributed by atoms with E-state index in [1.165, 1.54) is 19.3 Å². The van der Waals surface area contributed by atoms with Gasteiger partial charge in [0.25, 0.3) is 0 Å². The summed E-state index contributed by atoms with van der Waals surface area (Å²) in [7, 11) is 0. The molecule has 4 N–H and O–H groups in total. The zero-order valence-electron chi connectivity index (χ0n) is 13.7. The van der Waals surface area contributed by atoms with Crippen LogP contribution in [0.5, 0.6) is 0 Å². The van der Waals surface area contributed by atoms with Crippen LogP contribution in [0.25, 0.3) is 0 Å². The predicted octanol–water partition coefficient (Wildman–Crippen LogP) is 1.45. The van der Waals surface area contributed by atoms with Crippen molar-refractivity contribution in [2.75, 3.05) is 13.2 Å². The topological polar surface area (TPSA) is 89.8 Å². The summed E-state index contributed by atoms with van der Waals surface area (Å²) in [4.78, 5) is 11.7. The second-order valence-corrected chi connectivity index (χ2v) is 6.05. The molecule has 0 saturated carbocycles. The van der Waals surface area contributed by atoms with Crippen molar-refractivity contribution in [1.82, 2.24) is 5.32 Å². The van der Waals surface area contributed by atoms with Gasteiger partial charge < -0.3 is 20.6 Å². The van der Waals surface area contributed by atoms with Crippen molar-refractivity contribution in [1.29, 1.82) is 0 Å². The van der Waals surface area contributed by atoms with E-state index in [1.807, 2.05) is 6.92 Å². The summed E-state index contributed by atoms with van der Waals surface area (Å²) in [6.07, 6.45) is 4.42. The summed E-state index contributed by atoms with van der Waals surface area (Å²) in [5.74, 6) is -0.568. The van der Waals surface area contributed by atoms with Gasteiger partial charge in [0.1, 0.15) is 0 Å². The van der Waals surface area contributed by atoms with Crippen molar-refractivity contribution in [3.05, 3.63) is 0 Å². The van der Waals surface area contributed by atoms with E-state index in [9.17, 15) is 15.0 Å². The molecule has 4 atom stereocenters. The highest BCUT2D eigenvalue weighted by Gasteiger charge is 2.26. The highest BCUT2D eigenvalue weighted by Crippen LogP contribution is 2.16. The van der Waals surface area contributed by atoms with E-state index in [-0.39, 0.29) is 18.4 Å². The zero-order chi connectivity index (χ0) is 16.3. The Morgan fingerprint density at radius 3 is 2.29 bits per heavy atom. The van der Waals surface area contributed by atoms with Crippen molar-refractivity contribution in [3.63, 3.8) is 0 Å². The Kier molecular flexibility index (Phi) is 11.6. The highest BCUT2D eigenvalue weighted by molar-refractivity contribution is 5.75. The van der Waals surface area contributed by atoms with Crippen molar-refractivity contribution < 1.29 is 20.1 Å². The summed E-state index contributed by atoms with van der Waals surface area (Å²) in [5, 5.41) is 31.3. The van der Waals surface area contributed by atoms with E-state index < -0.39 is 18.1 Å². The lowest BCUT2D eigenvalue weighted by molar-refractivity contribution is -0.121. The Balaban J connectivity index is 3.85. The van der Waals surface area contributed by atoms with Crippen molar-refractivity contribution in [2.45, 2.75) is 71.5 Å². The van der Waals surface area contributed by atoms with Crippen LogP contribution in [-0.4, -0.2) is 46.6 Å². The Labute approximate surface area is 128 Å². The minimum Gasteiger partial charge on any atom is -0.394 e. The van der Waals surface area contributed by atoms with Gasteiger partial charge in [0.05, 0.1) is 18.8 Å². The normalized spacial score (nSPS) is 17.0. The van der Waals surface area contributed by atoms with Gasteiger partial charge in [-0.3, -0.25) is 4.79 Å². The Hall–Kier alpha value is -0.650. The van der Waals surface area contributed by atoms with Crippen molar-refractivity contribution in [2.24, 2.45) is 11.8 Å². The molecule has 0 radical (unpaired) electrons. The lowest BCUT2D eigenvalue weighted by Gasteiger charge is -2.27. The number of unbranched alkanes of at least 4 members (excludes halogenated alkanes) is 4. The molecule has 0 saturated heterocycles. The number of nitrogens with one attached hydrogen (secondary N) is 1. The lowest BCUT2D eigenvalue weighted by Crippen LogP contribution is -2.40. The first-order chi connectivity index (χ1) is 9.93. The van der Waals surface area contributed by atoms with Crippen LogP contribution in [0.4, 0.5) is 0 Å². The van der Waals surface area contributed by atoms with Gasteiger partial charge in [-0.2, -0.15) is 0 Å². The quantitative estimate of drug-likeness (QED) is 0.411. The molecule has 0 aromatic carbocycles. The van der Waals surface area contributed by atoms with Gasteiger partial charge in [0, 0.05) is 18.9 Å². The average molecular weight is 303 g/mol. The molecule has 0 unspecified atom stereocenters. The van der Waals surface area contributed by atoms with Crippen LogP contribution in [0, 0.1) is 11.8 Å². The predicted molar refractivity (Wildman–Crippen MR) is 83.8 cm³/mol. The number of amides is 1. The summed E-state index contributed by atoms with van der Waals surface area (Å²) in [6, 6.07) is 0. The summed E-state index contributed by atoms with van der Waals surface area (Å²) >= 11 is 0. The third kappa shape index (κ3) is 9.06. The van der Waals surface area contributed by atoms with Gasteiger partial charge in [0.15, 0.2) is 0 Å². The maximum absolute atomic E-state index is 11.7. The van der Waals surface area contributed by atoms with E-state index >= 15 is 0 Å². The number of rotatable bonds is 12. The molecule has 21 heavy (non-hydrogen) atoms. The van der Waals surface area contributed by atoms with E-state index in [0.29, 0.717) is 13.0 Å².